The Labute approximate surface area is 124 Å². The summed E-state index contributed by atoms with van der Waals surface area (Å²) in [5.41, 5.74) is 6.32. The smallest absolute Gasteiger partial charge is 0.198 e. The van der Waals surface area contributed by atoms with Crippen molar-refractivity contribution in [3.63, 3.8) is 0 Å². The van der Waals surface area contributed by atoms with Crippen molar-refractivity contribution >= 4 is 28.4 Å². The van der Waals surface area contributed by atoms with Crippen LogP contribution in [0.5, 0.6) is 0 Å². The number of hydrogen-bond donors (Lipinski definition) is 1. The molecule has 108 valence electrons. The Kier molecular flexibility index (Phi) is 4.84. The van der Waals surface area contributed by atoms with Gasteiger partial charge in [0.25, 0.3) is 0 Å². The van der Waals surface area contributed by atoms with Crippen molar-refractivity contribution in [1.29, 1.82) is 0 Å². The van der Waals surface area contributed by atoms with Crippen LogP contribution in [0.3, 0.4) is 0 Å². The van der Waals surface area contributed by atoms with Crippen LogP contribution < -0.4 is 5.73 Å². The molecule has 2 rings (SSSR count). The third kappa shape index (κ3) is 3.41. The lowest BCUT2D eigenvalue weighted by molar-refractivity contribution is 0.0932. The summed E-state index contributed by atoms with van der Waals surface area (Å²) in [4.78, 5) is 12.3. The van der Waals surface area contributed by atoms with E-state index in [9.17, 15) is 4.79 Å². The van der Waals surface area contributed by atoms with E-state index < -0.39 is 0 Å². The van der Waals surface area contributed by atoms with E-state index in [1.165, 1.54) is 0 Å². The van der Waals surface area contributed by atoms with Gasteiger partial charge in [0.2, 0.25) is 0 Å². The van der Waals surface area contributed by atoms with E-state index in [-0.39, 0.29) is 11.7 Å². The van der Waals surface area contributed by atoms with Gasteiger partial charge < -0.3 is 10.2 Å². The molecule has 0 saturated heterocycles. The van der Waals surface area contributed by atoms with Crippen LogP contribution in [0.1, 0.15) is 37.2 Å². The number of halogens is 1. The van der Waals surface area contributed by atoms with Crippen LogP contribution in [0.25, 0.3) is 11.0 Å². The molecular weight excluding hydrogens is 274 g/mol. The van der Waals surface area contributed by atoms with Crippen molar-refractivity contribution in [2.24, 2.45) is 17.6 Å². The first-order chi connectivity index (χ1) is 9.51. The van der Waals surface area contributed by atoms with Crippen LogP contribution in [-0.2, 0) is 0 Å². The highest BCUT2D eigenvalue weighted by molar-refractivity contribution is 6.34. The third-order valence-electron chi connectivity index (χ3n) is 3.38. The SMILES string of the molecule is CC(C)CC(CN)CC(=O)c1cc2cccc(Cl)c2o1. The van der Waals surface area contributed by atoms with Gasteiger partial charge >= 0.3 is 0 Å². The zero-order valence-electron chi connectivity index (χ0n) is 11.9. The van der Waals surface area contributed by atoms with Crippen LogP contribution in [0.15, 0.2) is 28.7 Å². The summed E-state index contributed by atoms with van der Waals surface area (Å²) in [5.74, 6) is 1.09. The maximum atomic E-state index is 12.3. The number of carbonyl (C=O) groups is 1. The minimum absolute atomic E-state index is 0.00614. The standard InChI is InChI=1S/C16H20ClNO2/c1-10(2)6-11(9-18)7-14(19)15-8-12-4-3-5-13(17)16(12)20-15/h3-5,8,10-11H,6-7,9,18H2,1-2H3. The molecule has 2 N–H and O–H groups in total. The Morgan fingerprint density at radius 3 is 2.75 bits per heavy atom. The second-order valence-electron chi connectivity index (χ2n) is 5.63. The van der Waals surface area contributed by atoms with Gasteiger partial charge in [0, 0.05) is 11.8 Å². The molecule has 2 aromatic rings. The van der Waals surface area contributed by atoms with Gasteiger partial charge in [0.15, 0.2) is 17.1 Å². The zero-order valence-corrected chi connectivity index (χ0v) is 12.6. The average molecular weight is 294 g/mol. The number of furan rings is 1. The molecule has 0 aliphatic carbocycles. The summed E-state index contributed by atoms with van der Waals surface area (Å²) in [6.07, 6.45) is 1.37. The van der Waals surface area contributed by atoms with E-state index in [0.717, 1.165) is 11.8 Å². The van der Waals surface area contributed by atoms with Crippen LogP contribution in [0.2, 0.25) is 5.02 Å². The summed E-state index contributed by atoms with van der Waals surface area (Å²) >= 11 is 6.05. The van der Waals surface area contributed by atoms with Gasteiger partial charge in [-0.15, -0.1) is 0 Å². The summed E-state index contributed by atoms with van der Waals surface area (Å²) in [6.45, 7) is 4.78. The minimum Gasteiger partial charge on any atom is -0.451 e. The lowest BCUT2D eigenvalue weighted by atomic mass is 9.92. The Morgan fingerprint density at radius 1 is 1.40 bits per heavy atom. The topological polar surface area (TPSA) is 56.2 Å². The summed E-state index contributed by atoms with van der Waals surface area (Å²) in [7, 11) is 0. The lowest BCUT2D eigenvalue weighted by Crippen LogP contribution is -2.19. The number of nitrogens with two attached hydrogens (primary N) is 1. The third-order valence-corrected chi connectivity index (χ3v) is 3.68. The van der Waals surface area contributed by atoms with Crippen LogP contribution in [-0.4, -0.2) is 12.3 Å². The molecule has 0 fully saturated rings. The van der Waals surface area contributed by atoms with Gasteiger partial charge in [-0.3, -0.25) is 4.79 Å². The van der Waals surface area contributed by atoms with E-state index >= 15 is 0 Å². The fourth-order valence-corrected chi connectivity index (χ4v) is 2.68. The van der Waals surface area contributed by atoms with E-state index in [0.29, 0.717) is 35.2 Å². The Morgan fingerprint density at radius 2 is 2.15 bits per heavy atom. The van der Waals surface area contributed by atoms with Gasteiger partial charge in [0.05, 0.1) is 5.02 Å². The monoisotopic (exact) mass is 293 g/mol. The predicted octanol–water partition coefficient (Wildman–Crippen LogP) is 4.28. The minimum atomic E-state index is -0.00614. The van der Waals surface area contributed by atoms with Crippen molar-refractivity contribution in [1.82, 2.24) is 0 Å². The lowest BCUT2D eigenvalue weighted by Gasteiger charge is -2.15. The molecule has 0 amide bonds. The molecule has 0 aliphatic heterocycles. The molecule has 1 atom stereocenters. The molecule has 0 bridgehead atoms. The maximum Gasteiger partial charge on any atom is 0.198 e. The molecule has 1 unspecified atom stereocenters. The first kappa shape index (κ1) is 15.1. The molecule has 20 heavy (non-hydrogen) atoms. The number of Topliss-reactive ketones (excluding diaryl/α,β-unsaturated/α-hetero) is 1. The molecule has 0 spiro atoms. The molecule has 1 aromatic heterocycles. The van der Waals surface area contributed by atoms with Gasteiger partial charge in [0.1, 0.15) is 0 Å². The van der Waals surface area contributed by atoms with Crippen molar-refractivity contribution in [2.75, 3.05) is 6.54 Å². The Bertz CT molecular complexity index is 604. The first-order valence-corrected chi connectivity index (χ1v) is 7.30. The number of para-hydroxylation sites is 1. The molecule has 0 aliphatic rings. The molecular formula is C16H20ClNO2. The fourth-order valence-electron chi connectivity index (χ4n) is 2.46. The number of rotatable bonds is 6. The average Bonchev–Trinajstić information content (AvgIpc) is 2.83. The summed E-state index contributed by atoms with van der Waals surface area (Å²) < 4.78 is 5.59. The van der Waals surface area contributed by atoms with E-state index in [1.807, 2.05) is 12.1 Å². The molecule has 4 heteroatoms. The van der Waals surface area contributed by atoms with Gasteiger partial charge in [-0.25, -0.2) is 0 Å². The Hall–Kier alpha value is -1.32. The number of carbonyl (C=O) groups excluding carboxylic acids is 1. The number of fused-ring (bicyclic) bond motifs is 1. The van der Waals surface area contributed by atoms with Crippen molar-refractivity contribution < 1.29 is 9.21 Å². The van der Waals surface area contributed by atoms with Gasteiger partial charge in [-0.2, -0.15) is 0 Å². The van der Waals surface area contributed by atoms with Crippen LogP contribution in [0, 0.1) is 11.8 Å². The van der Waals surface area contributed by atoms with Crippen molar-refractivity contribution in [2.45, 2.75) is 26.7 Å². The zero-order chi connectivity index (χ0) is 14.7. The van der Waals surface area contributed by atoms with Gasteiger partial charge in [-0.1, -0.05) is 37.6 Å². The molecule has 0 radical (unpaired) electrons. The molecule has 1 aromatic carbocycles. The number of benzene rings is 1. The van der Waals surface area contributed by atoms with Crippen LogP contribution in [0.4, 0.5) is 0 Å². The quantitative estimate of drug-likeness (QED) is 0.809. The molecule has 1 heterocycles. The second-order valence-corrected chi connectivity index (χ2v) is 6.03. The second kappa shape index (κ2) is 6.42. The van der Waals surface area contributed by atoms with Crippen molar-refractivity contribution in [3.8, 4) is 0 Å². The van der Waals surface area contributed by atoms with Crippen molar-refractivity contribution in [3.05, 3.63) is 35.0 Å². The highest BCUT2D eigenvalue weighted by Crippen LogP contribution is 2.28. The van der Waals surface area contributed by atoms with E-state index in [2.05, 4.69) is 13.8 Å². The predicted molar refractivity (Wildman–Crippen MR) is 82.2 cm³/mol. The van der Waals surface area contributed by atoms with E-state index in [4.69, 9.17) is 21.8 Å². The molecule has 3 nitrogen and oxygen atoms in total. The maximum absolute atomic E-state index is 12.3. The Balaban J connectivity index is 2.16. The summed E-state index contributed by atoms with van der Waals surface area (Å²) in [5, 5.41) is 1.38. The largest absolute Gasteiger partial charge is 0.451 e. The fraction of sp³-hybridized carbons (Fsp3) is 0.438. The highest BCUT2D eigenvalue weighted by atomic mass is 35.5. The number of ketones is 1. The first-order valence-electron chi connectivity index (χ1n) is 6.92. The van der Waals surface area contributed by atoms with Gasteiger partial charge in [-0.05, 0) is 36.9 Å². The van der Waals surface area contributed by atoms with E-state index in [1.54, 1.807) is 12.1 Å². The highest BCUT2D eigenvalue weighted by Gasteiger charge is 2.19. The number of hydrogen-bond acceptors (Lipinski definition) is 3. The summed E-state index contributed by atoms with van der Waals surface area (Å²) in [6, 6.07) is 7.24. The van der Waals surface area contributed by atoms with Crippen LogP contribution >= 0.6 is 11.6 Å². The molecule has 0 saturated carbocycles. The normalized spacial score (nSPS) is 13.1.